The highest BCUT2D eigenvalue weighted by Gasteiger charge is 2.34. The lowest BCUT2D eigenvalue weighted by Crippen LogP contribution is -2.50. The van der Waals surface area contributed by atoms with Crippen molar-refractivity contribution in [2.75, 3.05) is 32.8 Å². The molecule has 0 saturated carbocycles. The molecular weight excluding hydrogens is 443 g/mol. The maximum Gasteiger partial charge on any atom is 0.242 e. The third-order valence-corrected chi connectivity index (χ3v) is 7.20. The maximum atomic E-state index is 13.6. The predicted molar refractivity (Wildman–Crippen MR) is 125 cm³/mol. The summed E-state index contributed by atoms with van der Waals surface area (Å²) < 4.78 is 25.2. The number of ether oxygens (including phenoxy) is 2. The Bertz CT molecular complexity index is 973. The zero-order chi connectivity index (χ0) is 23.4. The van der Waals surface area contributed by atoms with E-state index in [0.717, 1.165) is 24.8 Å². The van der Waals surface area contributed by atoms with E-state index in [-0.39, 0.29) is 48.8 Å². The molecular formula is C25H31FN2O4S. The summed E-state index contributed by atoms with van der Waals surface area (Å²) in [7, 11) is 0. The molecule has 3 heterocycles. The van der Waals surface area contributed by atoms with E-state index in [1.165, 1.54) is 17.0 Å². The Morgan fingerprint density at radius 1 is 1.33 bits per heavy atom. The van der Waals surface area contributed by atoms with Crippen LogP contribution in [-0.2, 0) is 20.7 Å². The van der Waals surface area contributed by atoms with Crippen LogP contribution in [0.3, 0.4) is 0 Å². The van der Waals surface area contributed by atoms with Gasteiger partial charge in [-0.15, -0.1) is 11.3 Å². The Morgan fingerprint density at radius 2 is 2.18 bits per heavy atom. The van der Waals surface area contributed by atoms with E-state index in [9.17, 15) is 14.0 Å². The SMILES string of the molecule is CC(C)C(=O)N(CC(=O)N1CCc2sccc2[C@H]1COc1cccc(F)c1)C[C@@H]1CCCO1. The summed E-state index contributed by atoms with van der Waals surface area (Å²) in [5.41, 5.74) is 1.07. The summed E-state index contributed by atoms with van der Waals surface area (Å²) in [6.07, 6.45) is 2.65. The molecule has 2 aliphatic rings. The van der Waals surface area contributed by atoms with Crippen molar-refractivity contribution >= 4 is 23.2 Å². The summed E-state index contributed by atoms with van der Waals surface area (Å²) in [4.78, 5) is 31.1. The van der Waals surface area contributed by atoms with Gasteiger partial charge in [-0.25, -0.2) is 4.39 Å². The zero-order valence-electron chi connectivity index (χ0n) is 19.2. The average Bonchev–Trinajstić information content (AvgIpc) is 3.48. The molecule has 4 rings (SSSR count). The predicted octanol–water partition coefficient (Wildman–Crippen LogP) is 4.06. The molecule has 1 fully saturated rings. The van der Waals surface area contributed by atoms with Crippen LogP contribution < -0.4 is 4.74 Å². The van der Waals surface area contributed by atoms with Crippen molar-refractivity contribution < 1.29 is 23.5 Å². The lowest BCUT2D eigenvalue weighted by molar-refractivity contribution is -0.145. The van der Waals surface area contributed by atoms with E-state index in [4.69, 9.17) is 9.47 Å². The fourth-order valence-electron chi connectivity index (χ4n) is 4.49. The highest BCUT2D eigenvalue weighted by Crippen LogP contribution is 2.34. The summed E-state index contributed by atoms with van der Waals surface area (Å²) in [6.45, 7) is 5.65. The topological polar surface area (TPSA) is 59.1 Å². The van der Waals surface area contributed by atoms with Crippen molar-refractivity contribution in [3.05, 3.63) is 52.0 Å². The molecule has 0 spiro atoms. The Kier molecular flexibility index (Phi) is 7.65. The highest BCUT2D eigenvalue weighted by atomic mass is 32.1. The van der Waals surface area contributed by atoms with E-state index in [1.54, 1.807) is 28.4 Å². The largest absolute Gasteiger partial charge is 0.491 e. The van der Waals surface area contributed by atoms with Crippen LogP contribution >= 0.6 is 11.3 Å². The molecule has 0 unspecified atom stereocenters. The monoisotopic (exact) mass is 474 g/mol. The van der Waals surface area contributed by atoms with Gasteiger partial charge < -0.3 is 19.3 Å². The van der Waals surface area contributed by atoms with Crippen LogP contribution in [-0.4, -0.2) is 60.6 Å². The number of hydrogen-bond acceptors (Lipinski definition) is 5. The zero-order valence-corrected chi connectivity index (χ0v) is 20.0. The summed E-state index contributed by atoms with van der Waals surface area (Å²) >= 11 is 1.68. The molecule has 0 radical (unpaired) electrons. The first kappa shape index (κ1) is 23.7. The van der Waals surface area contributed by atoms with Crippen LogP contribution in [0.15, 0.2) is 35.7 Å². The fourth-order valence-corrected chi connectivity index (χ4v) is 5.42. The fraction of sp³-hybridized carbons (Fsp3) is 0.520. The van der Waals surface area contributed by atoms with E-state index in [2.05, 4.69) is 0 Å². The van der Waals surface area contributed by atoms with Crippen molar-refractivity contribution in [3.8, 4) is 5.75 Å². The quantitative estimate of drug-likeness (QED) is 0.579. The van der Waals surface area contributed by atoms with Gasteiger partial charge in [-0.1, -0.05) is 19.9 Å². The summed E-state index contributed by atoms with van der Waals surface area (Å²) in [6, 6.07) is 7.77. The summed E-state index contributed by atoms with van der Waals surface area (Å²) in [5.74, 6) is -0.278. The number of fused-ring (bicyclic) bond motifs is 1. The Balaban J connectivity index is 1.50. The van der Waals surface area contributed by atoms with Crippen LogP contribution in [0, 0.1) is 11.7 Å². The molecule has 8 heteroatoms. The molecule has 1 aromatic carbocycles. The number of carbonyl (C=O) groups excluding carboxylic acids is 2. The van der Waals surface area contributed by atoms with Crippen molar-refractivity contribution in [2.45, 2.75) is 45.3 Å². The second-order valence-corrected chi connectivity index (χ2v) is 9.93. The number of nitrogens with zero attached hydrogens (tertiary/aromatic N) is 2. The molecule has 0 aliphatic carbocycles. The van der Waals surface area contributed by atoms with Gasteiger partial charge in [-0.3, -0.25) is 9.59 Å². The number of amides is 2. The van der Waals surface area contributed by atoms with Crippen LogP contribution in [0.25, 0.3) is 0 Å². The molecule has 2 aliphatic heterocycles. The van der Waals surface area contributed by atoms with Gasteiger partial charge in [0.05, 0.1) is 18.7 Å². The molecule has 0 N–H and O–H groups in total. The lowest BCUT2D eigenvalue weighted by Gasteiger charge is -2.37. The Hall–Kier alpha value is -2.45. The van der Waals surface area contributed by atoms with Gasteiger partial charge in [0, 0.05) is 36.6 Å². The number of benzene rings is 1. The van der Waals surface area contributed by atoms with E-state index in [1.807, 2.05) is 30.2 Å². The van der Waals surface area contributed by atoms with Crippen molar-refractivity contribution in [1.82, 2.24) is 9.80 Å². The molecule has 1 aromatic heterocycles. The second kappa shape index (κ2) is 10.7. The number of thiophene rings is 1. The van der Waals surface area contributed by atoms with Gasteiger partial charge in [0.2, 0.25) is 11.8 Å². The molecule has 6 nitrogen and oxygen atoms in total. The standard InChI is InChI=1S/C25H31FN2O4S/c1-17(2)25(30)27(14-20-7-4-11-31-20)15-24(29)28-10-8-23-21(9-12-33-23)22(28)16-32-19-6-3-5-18(26)13-19/h3,5-6,9,12-13,17,20,22H,4,7-8,10-11,14-16H2,1-2H3/t20-,22+/m0/s1. The van der Waals surface area contributed by atoms with Crippen molar-refractivity contribution in [2.24, 2.45) is 5.92 Å². The molecule has 178 valence electrons. The summed E-state index contributed by atoms with van der Waals surface area (Å²) in [5, 5.41) is 2.03. The second-order valence-electron chi connectivity index (χ2n) is 8.93. The lowest BCUT2D eigenvalue weighted by atomic mass is 10.00. The van der Waals surface area contributed by atoms with E-state index < -0.39 is 0 Å². The van der Waals surface area contributed by atoms with Crippen LogP contribution in [0.5, 0.6) is 5.75 Å². The molecule has 1 saturated heterocycles. The minimum atomic E-state index is -0.364. The average molecular weight is 475 g/mol. The highest BCUT2D eigenvalue weighted by molar-refractivity contribution is 7.10. The van der Waals surface area contributed by atoms with Gasteiger partial charge in [-0.05, 0) is 48.4 Å². The van der Waals surface area contributed by atoms with E-state index in [0.29, 0.717) is 25.4 Å². The number of hydrogen-bond donors (Lipinski definition) is 0. The molecule has 33 heavy (non-hydrogen) atoms. The third kappa shape index (κ3) is 5.73. The number of halogens is 1. The van der Waals surface area contributed by atoms with Gasteiger partial charge in [0.15, 0.2) is 0 Å². The third-order valence-electron chi connectivity index (χ3n) is 6.20. The minimum Gasteiger partial charge on any atom is -0.491 e. The molecule has 2 aromatic rings. The Labute approximate surface area is 198 Å². The molecule has 2 atom stereocenters. The Morgan fingerprint density at radius 3 is 2.91 bits per heavy atom. The van der Waals surface area contributed by atoms with Crippen LogP contribution in [0.2, 0.25) is 0 Å². The van der Waals surface area contributed by atoms with Gasteiger partial charge in [-0.2, -0.15) is 0 Å². The molecule has 2 amide bonds. The first-order valence-corrected chi connectivity index (χ1v) is 12.4. The minimum absolute atomic E-state index is 0.0163. The number of carbonyl (C=O) groups is 2. The van der Waals surface area contributed by atoms with Gasteiger partial charge >= 0.3 is 0 Å². The molecule has 0 bridgehead atoms. The first-order chi connectivity index (χ1) is 15.9. The maximum absolute atomic E-state index is 13.6. The van der Waals surface area contributed by atoms with Crippen LogP contribution in [0.1, 0.15) is 43.2 Å². The van der Waals surface area contributed by atoms with Crippen LogP contribution in [0.4, 0.5) is 4.39 Å². The first-order valence-electron chi connectivity index (χ1n) is 11.6. The van der Waals surface area contributed by atoms with Gasteiger partial charge in [0.1, 0.15) is 18.2 Å². The normalized spacial score (nSPS) is 20.1. The number of rotatable bonds is 8. The smallest absolute Gasteiger partial charge is 0.242 e. The van der Waals surface area contributed by atoms with Gasteiger partial charge in [0.25, 0.3) is 0 Å². The van der Waals surface area contributed by atoms with E-state index >= 15 is 0 Å². The van der Waals surface area contributed by atoms with Crippen molar-refractivity contribution in [3.63, 3.8) is 0 Å². The van der Waals surface area contributed by atoms with Crippen molar-refractivity contribution in [1.29, 1.82) is 0 Å².